The fourth-order valence-electron chi connectivity index (χ4n) is 1.06. The van der Waals surface area contributed by atoms with Crippen LogP contribution >= 0.6 is 11.3 Å². The van der Waals surface area contributed by atoms with Crippen molar-refractivity contribution in [2.24, 2.45) is 5.73 Å². The van der Waals surface area contributed by atoms with Crippen LogP contribution in [0, 0.1) is 0 Å². The summed E-state index contributed by atoms with van der Waals surface area (Å²) in [5.41, 5.74) is 5.73. The number of nitrogens with two attached hydrogens (primary N) is 1. The number of thiazole rings is 1. The van der Waals surface area contributed by atoms with Crippen LogP contribution in [0.3, 0.4) is 0 Å². The van der Waals surface area contributed by atoms with E-state index >= 15 is 0 Å². The van der Waals surface area contributed by atoms with E-state index in [0.717, 1.165) is 10.0 Å². The monoisotopic (exact) mass is 263 g/mol. The molecule has 1 aromatic rings. The first kappa shape index (κ1) is 13.4. The molecular weight excluding hydrogens is 246 g/mol. The summed E-state index contributed by atoms with van der Waals surface area (Å²) in [6.07, 6.45) is 2.97. The second-order valence-corrected chi connectivity index (χ2v) is 7.19. The van der Waals surface area contributed by atoms with E-state index < -0.39 is 9.84 Å². The number of anilines is 1. The summed E-state index contributed by atoms with van der Waals surface area (Å²) in [6, 6.07) is -0.0328. The van der Waals surface area contributed by atoms with Gasteiger partial charge >= 0.3 is 0 Å². The first-order valence-electron chi connectivity index (χ1n) is 4.90. The van der Waals surface area contributed by atoms with E-state index in [1.54, 1.807) is 6.20 Å². The highest BCUT2D eigenvalue weighted by atomic mass is 32.2. The van der Waals surface area contributed by atoms with Crippen LogP contribution in [0.1, 0.15) is 17.8 Å². The molecule has 92 valence electrons. The highest BCUT2D eigenvalue weighted by Gasteiger charge is 2.11. The minimum Gasteiger partial charge on any atom is -0.350 e. The molecule has 1 rings (SSSR count). The third-order valence-electron chi connectivity index (χ3n) is 2.08. The first-order chi connectivity index (χ1) is 7.29. The number of sulfone groups is 1. The molecular formula is C9H17N3O2S2. The van der Waals surface area contributed by atoms with Gasteiger partial charge in [-0.05, 0) is 6.92 Å². The Morgan fingerprint density at radius 1 is 1.62 bits per heavy atom. The van der Waals surface area contributed by atoms with E-state index in [1.807, 2.05) is 18.9 Å². The van der Waals surface area contributed by atoms with Gasteiger partial charge in [0.05, 0.1) is 5.75 Å². The van der Waals surface area contributed by atoms with Crippen molar-refractivity contribution in [1.82, 2.24) is 4.98 Å². The Hall–Kier alpha value is -0.660. The summed E-state index contributed by atoms with van der Waals surface area (Å²) in [7, 11) is -1.10. The lowest BCUT2D eigenvalue weighted by molar-refractivity contribution is 0.601. The molecule has 0 saturated heterocycles. The van der Waals surface area contributed by atoms with Gasteiger partial charge in [-0.1, -0.05) is 0 Å². The number of rotatable bonds is 5. The molecule has 2 N–H and O–H groups in total. The van der Waals surface area contributed by atoms with Crippen molar-refractivity contribution in [3.05, 3.63) is 11.1 Å². The first-order valence-corrected chi connectivity index (χ1v) is 7.77. The minimum atomic E-state index is -2.93. The topological polar surface area (TPSA) is 76.3 Å². The van der Waals surface area contributed by atoms with Crippen molar-refractivity contribution in [3.63, 3.8) is 0 Å². The lowest BCUT2D eigenvalue weighted by atomic mass is 10.3. The molecule has 1 unspecified atom stereocenters. The molecule has 7 heteroatoms. The van der Waals surface area contributed by atoms with Crippen molar-refractivity contribution in [1.29, 1.82) is 0 Å². The zero-order valence-corrected chi connectivity index (χ0v) is 11.3. The number of aromatic nitrogens is 1. The molecule has 16 heavy (non-hydrogen) atoms. The molecule has 1 aromatic heterocycles. The summed E-state index contributed by atoms with van der Waals surface area (Å²) >= 11 is 1.49. The third kappa shape index (κ3) is 4.07. The Balaban J connectivity index is 2.63. The molecule has 0 aliphatic heterocycles. The maximum Gasteiger partial charge on any atom is 0.185 e. The van der Waals surface area contributed by atoms with Gasteiger partial charge in [0, 0.05) is 37.0 Å². The molecule has 0 saturated carbocycles. The van der Waals surface area contributed by atoms with Crippen molar-refractivity contribution in [2.75, 3.05) is 30.5 Å². The van der Waals surface area contributed by atoms with Crippen LogP contribution in [0.2, 0.25) is 0 Å². The number of nitrogens with zero attached hydrogens (tertiary/aromatic N) is 2. The standard InChI is InChI=1S/C9H17N3O2S2/c1-7(10)8-6-11-9(15-8)12(2)4-5-16(3,13)14/h6-7H,4-5,10H2,1-3H3. The highest BCUT2D eigenvalue weighted by molar-refractivity contribution is 7.90. The minimum absolute atomic E-state index is 0.0328. The van der Waals surface area contributed by atoms with Gasteiger partial charge in [0.1, 0.15) is 9.84 Å². The molecule has 5 nitrogen and oxygen atoms in total. The molecule has 0 aliphatic carbocycles. The van der Waals surface area contributed by atoms with Crippen molar-refractivity contribution < 1.29 is 8.42 Å². The normalized spacial score (nSPS) is 13.8. The van der Waals surface area contributed by atoms with Crippen molar-refractivity contribution in [2.45, 2.75) is 13.0 Å². The molecule has 0 aliphatic rings. The van der Waals surface area contributed by atoms with Crippen LogP contribution in [-0.4, -0.2) is 39.0 Å². The predicted octanol–water partition coefficient (Wildman–Crippen LogP) is 0.644. The van der Waals surface area contributed by atoms with E-state index in [4.69, 9.17) is 5.73 Å². The number of hydrogen-bond donors (Lipinski definition) is 1. The van der Waals surface area contributed by atoms with E-state index in [0.29, 0.717) is 6.54 Å². The molecule has 0 amide bonds. The Labute approximate surface area is 100 Å². The summed E-state index contributed by atoms with van der Waals surface area (Å²) in [6.45, 7) is 2.35. The fourth-order valence-corrected chi connectivity index (χ4v) is 2.52. The van der Waals surface area contributed by atoms with E-state index in [9.17, 15) is 8.42 Å². The van der Waals surface area contributed by atoms with Crippen molar-refractivity contribution in [3.8, 4) is 0 Å². The van der Waals surface area contributed by atoms with Crippen LogP contribution < -0.4 is 10.6 Å². The Kier molecular flexibility index (Phi) is 4.28. The molecule has 0 spiro atoms. The Bertz CT molecular complexity index is 439. The summed E-state index contributed by atoms with van der Waals surface area (Å²) in [5.74, 6) is 0.136. The lowest BCUT2D eigenvalue weighted by Gasteiger charge is -2.14. The van der Waals surface area contributed by atoms with Crippen LogP contribution in [0.4, 0.5) is 5.13 Å². The highest BCUT2D eigenvalue weighted by Crippen LogP contribution is 2.24. The van der Waals surface area contributed by atoms with Gasteiger partial charge in [-0.15, -0.1) is 11.3 Å². The summed E-state index contributed by atoms with van der Waals surface area (Å²) in [4.78, 5) is 7.04. The fraction of sp³-hybridized carbons (Fsp3) is 0.667. The maximum atomic E-state index is 11.0. The summed E-state index contributed by atoms with van der Waals surface area (Å²) < 4.78 is 22.0. The maximum absolute atomic E-state index is 11.0. The van der Waals surface area contributed by atoms with E-state index in [-0.39, 0.29) is 11.8 Å². The Morgan fingerprint density at radius 2 is 2.25 bits per heavy atom. The second kappa shape index (κ2) is 5.11. The van der Waals surface area contributed by atoms with Crippen molar-refractivity contribution >= 4 is 26.3 Å². The van der Waals surface area contributed by atoms with Gasteiger partial charge in [0.25, 0.3) is 0 Å². The molecule has 1 heterocycles. The van der Waals surface area contributed by atoms with Gasteiger partial charge in [0.15, 0.2) is 5.13 Å². The average Bonchev–Trinajstić information content (AvgIpc) is 2.61. The zero-order chi connectivity index (χ0) is 12.3. The average molecular weight is 263 g/mol. The number of hydrogen-bond acceptors (Lipinski definition) is 6. The van der Waals surface area contributed by atoms with Gasteiger partial charge < -0.3 is 10.6 Å². The molecule has 0 aromatic carbocycles. The zero-order valence-electron chi connectivity index (χ0n) is 9.67. The smallest absolute Gasteiger partial charge is 0.185 e. The second-order valence-electron chi connectivity index (χ2n) is 3.89. The largest absolute Gasteiger partial charge is 0.350 e. The van der Waals surface area contributed by atoms with E-state index in [2.05, 4.69) is 4.98 Å². The molecule has 0 fully saturated rings. The van der Waals surface area contributed by atoms with E-state index in [1.165, 1.54) is 17.6 Å². The van der Waals surface area contributed by atoms with Crippen LogP contribution in [0.5, 0.6) is 0 Å². The van der Waals surface area contributed by atoms with Gasteiger partial charge in [0.2, 0.25) is 0 Å². The molecule has 0 radical (unpaired) electrons. The summed E-state index contributed by atoms with van der Waals surface area (Å²) in [5, 5.41) is 0.802. The molecule has 0 bridgehead atoms. The molecule has 1 atom stereocenters. The van der Waals surface area contributed by atoms with Gasteiger partial charge in [-0.3, -0.25) is 0 Å². The predicted molar refractivity (Wildman–Crippen MR) is 67.7 cm³/mol. The van der Waals surface area contributed by atoms with Crippen LogP contribution in [0.15, 0.2) is 6.20 Å². The quantitative estimate of drug-likeness (QED) is 0.844. The Morgan fingerprint density at radius 3 is 2.69 bits per heavy atom. The third-order valence-corrected chi connectivity index (χ3v) is 4.32. The lowest BCUT2D eigenvalue weighted by Crippen LogP contribution is -2.24. The van der Waals surface area contributed by atoms with Gasteiger partial charge in [-0.25, -0.2) is 13.4 Å². The van der Waals surface area contributed by atoms with Crippen LogP contribution in [0.25, 0.3) is 0 Å². The van der Waals surface area contributed by atoms with Crippen LogP contribution in [-0.2, 0) is 9.84 Å². The SMILES string of the molecule is CC(N)c1cnc(N(C)CCS(C)(=O)=O)s1. The van der Waals surface area contributed by atoms with Gasteiger partial charge in [-0.2, -0.15) is 0 Å².